The van der Waals surface area contributed by atoms with Crippen molar-refractivity contribution in [3.63, 3.8) is 0 Å². The molecule has 2 heterocycles. The SMILES string of the molecule is CC(C)(CNC1CCSc2c(F)cccc21)c1cccs1. The molecular weight excluding hydrogens is 301 g/mol. The smallest absolute Gasteiger partial charge is 0.137 e. The zero-order chi connectivity index (χ0) is 14.9. The van der Waals surface area contributed by atoms with Crippen LogP contribution in [0.4, 0.5) is 4.39 Å². The van der Waals surface area contributed by atoms with E-state index in [2.05, 4.69) is 42.7 Å². The summed E-state index contributed by atoms with van der Waals surface area (Å²) >= 11 is 3.44. The minimum Gasteiger partial charge on any atom is -0.309 e. The van der Waals surface area contributed by atoms with Crippen LogP contribution in [-0.2, 0) is 5.41 Å². The second-order valence-electron chi connectivity index (χ2n) is 6.09. The molecule has 1 atom stereocenters. The molecule has 1 aliphatic heterocycles. The van der Waals surface area contributed by atoms with Gasteiger partial charge in [-0.3, -0.25) is 0 Å². The maximum Gasteiger partial charge on any atom is 0.137 e. The van der Waals surface area contributed by atoms with Gasteiger partial charge in [-0.25, -0.2) is 4.39 Å². The number of hydrogen-bond donors (Lipinski definition) is 1. The Morgan fingerprint density at radius 3 is 2.90 bits per heavy atom. The van der Waals surface area contributed by atoms with E-state index in [4.69, 9.17) is 0 Å². The van der Waals surface area contributed by atoms with E-state index < -0.39 is 0 Å². The number of rotatable bonds is 4. The molecule has 0 aliphatic carbocycles. The van der Waals surface area contributed by atoms with Crippen LogP contribution in [0.15, 0.2) is 40.6 Å². The predicted octanol–water partition coefficient (Wildman–Crippen LogP) is 4.99. The molecule has 0 fully saturated rings. The molecule has 1 aliphatic rings. The Morgan fingerprint density at radius 1 is 1.29 bits per heavy atom. The first-order chi connectivity index (χ1) is 10.1. The Bertz CT molecular complexity index is 607. The van der Waals surface area contributed by atoms with Crippen LogP contribution in [-0.4, -0.2) is 12.3 Å². The Kier molecular flexibility index (Phi) is 4.38. The van der Waals surface area contributed by atoms with Gasteiger partial charge in [0.2, 0.25) is 0 Å². The fraction of sp³-hybridized carbons (Fsp3) is 0.412. The summed E-state index contributed by atoms with van der Waals surface area (Å²) < 4.78 is 13.9. The van der Waals surface area contributed by atoms with Crippen molar-refractivity contribution in [2.75, 3.05) is 12.3 Å². The third-order valence-corrected chi connectivity index (χ3v) is 6.40. The summed E-state index contributed by atoms with van der Waals surface area (Å²) in [4.78, 5) is 2.22. The number of halogens is 1. The monoisotopic (exact) mass is 321 g/mol. The Balaban J connectivity index is 1.74. The van der Waals surface area contributed by atoms with Crippen molar-refractivity contribution >= 4 is 23.1 Å². The second kappa shape index (κ2) is 6.11. The van der Waals surface area contributed by atoms with Crippen LogP contribution in [0.3, 0.4) is 0 Å². The maximum absolute atomic E-state index is 13.9. The van der Waals surface area contributed by atoms with E-state index in [1.807, 2.05) is 6.07 Å². The minimum absolute atomic E-state index is 0.0819. The zero-order valence-electron chi connectivity index (χ0n) is 12.4. The number of nitrogens with one attached hydrogen (secondary N) is 1. The van der Waals surface area contributed by atoms with Crippen molar-refractivity contribution in [2.45, 2.75) is 36.6 Å². The van der Waals surface area contributed by atoms with Gasteiger partial charge in [0.1, 0.15) is 5.82 Å². The number of fused-ring (bicyclic) bond motifs is 1. The van der Waals surface area contributed by atoms with E-state index in [1.165, 1.54) is 4.88 Å². The van der Waals surface area contributed by atoms with Gasteiger partial charge in [0.25, 0.3) is 0 Å². The fourth-order valence-corrected chi connectivity index (χ4v) is 4.72. The molecule has 1 aromatic heterocycles. The molecule has 112 valence electrons. The first-order valence-electron chi connectivity index (χ1n) is 7.26. The first-order valence-corrected chi connectivity index (χ1v) is 9.13. The standard InChI is InChI=1S/C17H20FNS2/c1-17(2,15-7-4-9-20-15)11-19-14-8-10-21-16-12(14)5-3-6-13(16)18/h3-7,9,14,19H,8,10-11H2,1-2H3. The topological polar surface area (TPSA) is 12.0 Å². The van der Waals surface area contributed by atoms with Crippen LogP contribution < -0.4 is 5.32 Å². The third kappa shape index (κ3) is 3.17. The fourth-order valence-electron chi connectivity index (χ4n) is 2.73. The van der Waals surface area contributed by atoms with E-state index in [-0.39, 0.29) is 17.3 Å². The normalized spacial score (nSPS) is 18.5. The van der Waals surface area contributed by atoms with E-state index in [1.54, 1.807) is 29.2 Å². The largest absolute Gasteiger partial charge is 0.309 e. The van der Waals surface area contributed by atoms with Crippen molar-refractivity contribution in [3.05, 3.63) is 52.0 Å². The van der Waals surface area contributed by atoms with Crippen LogP contribution in [0.25, 0.3) is 0 Å². The van der Waals surface area contributed by atoms with E-state index in [0.29, 0.717) is 0 Å². The summed E-state index contributed by atoms with van der Waals surface area (Å²) in [7, 11) is 0. The summed E-state index contributed by atoms with van der Waals surface area (Å²) in [6, 6.07) is 9.99. The Labute approximate surface area is 134 Å². The van der Waals surface area contributed by atoms with Gasteiger partial charge in [-0.15, -0.1) is 23.1 Å². The molecule has 0 saturated heterocycles. The predicted molar refractivity (Wildman–Crippen MR) is 89.8 cm³/mol. The van der Waals surface area contributed by atoms with Gasteiger partial charge in [-0.1, -0.05) is 32.0 Å². The summed E-state index contributed by atoms with van der Waals surface area (Å²) in [6.07, 6.45) is 1.06. The molecule has 1 N–H and O–H groups in total. The molecule has 1 nitrogen and oxygen atoms in total. The number of thiophene rings is 1. The van der Waals surface area contributed by atoms with Crippen LogP contribution in [0.1, 0.15) is 36.8 Å². The summed E-state index contributed by atoms with van der Waals surface area (Å²) in [6.45, 7) is 5.42. The highest BCUT2D eigenvalue weighted by atomic mass is 32.2. The van der Waals surface area contributed by atoms with Crippen LogP contribution in [0, 0.1) is 5.82 Å². The van der Waals surface area contributed by atoms with Gasteiger partial charge in [0.15, 0.2) is 0 Å². The highest BCUT2D eigenvalue weighted by Crippen LogP contribution is 2.38. The van der Waals surface area contributed by atoms with Gasteiger partial charge in [0.05, 0.1) is 0 Å². The summed E-state index contributed by atoms with van der Waals surface area (Å²) in [5, 5.41) is 5.78. The average Bonchev–Trinajstić information content (AvgIpc) is 3.01. The zero-order valence-corrected chi connectivity index (χ0v) is 14.0. The first kappa shape index (κ1) is 15.1. The van der Waals surface area contributed by atoms with E-state index in [9.17, 15) is 4.39 Å². The lowest BCUT2D eigenvalue weighted by Gasteiger charge is -2.31. The molecule has 1 aromatic carbocycles. The van der Waals surface area contributed by atoms with Crippen molar-refractivity contribution in [1.82, 2.24) is 5.32 Å². The lowest BCUT2D eigenvalue weighted by Crippen LogP contribution is -2.36. The lowest BCUT2D eigenvalue weighted by atomic mass is 9.90. The van der Waals surface area contributed by atoms with Crippen molar-refractivity contribution in [2.24, 2.45) is 0 Å². The van der Waals surface area contributed by atoms with Gasteiger partial charge >= 0.3 is 0 Å². The van der Waals surface area contributed by atoms with Crippen LogP contribution in [0.5, 0.6) is 0 Å². The lowest BCUT2D eigenvalue weighted by molar-refractivity contribution is 0.414. The van der Waals surface area contributed by atoms with Gasteiger partial charge in [0, 0.05) is 27.8 Å². The molecule has 2 aromatic rings. The molecular formula is C17H20FNS2. The molecule has 0 amide bonds. The van der Waals surface area contributed by atoms with E-state index in [0.717, 1.165) is 29.2 Å². The van der Waals surface area contributed by atoms with Gasteiger partial charge in [-0.05, 0) is 35.2 Å². The number of benzene rings is 1. The van der Waals surface area contributed by atoms with Crippen LogP contribution >= 0.6 is 23.1 Å². The van der Waals surface area contributed by atoms with Gasteiger partial charge in [-0.2, -0.15) is 0 Å². The third-order valence-electron chi connectivity index (χ3n) is 4.00. The molecule has 0 radical (unpaired) electrons. The molecule has 21 heavy (non-hydrogen) atoms. The van der Waals surface area contributed by atoms with Crippen molar-refractivity contribution < 1.29 is 4.39 Å². The van der Waals surface area contributed by atoms with Crippen molar-refractivity contribution in [3.8, 4) is 0 Å². The van der Waals surface area contributed by atoms with E-state index >= 15 is 0 Å². The molecule has 4 heteroatoms. The van der Waals surface area contributed by atoms with Crippen molar-refractivity contribution in [1.29, 1.82) is 0 Å². The molecule has 0 spiro atoms. The maximum atomic E-state index is 13.9. The summed E-state index contributed by atoms with van der Waals surface area (Å²) in [5.41, 5.74) is 1.22. The average molecular weight is 321 g/mol. The molecule has 0 bridgehead atoms. The second-order valence-corrected chi connectivity index (χ2v) is 8.14. The highest BCUT2D eigenvalue weighted by Gasteiger charge is 2.27. The highest BCUT2D eigenvalue weighted by molar-refractivity contribution is 7.99. The summed E-state index contributed by atoms with van der Waals surface area (Å²) in [5.74, 6) is 0.895. The number of hydrogen-bond acceptors (Lipinski definition) is 3. The van der Waals surface area contributed by atoms with Gasteiger partial charge < -0.3 is 5.32 Å². The molecule has 0 saturated carbocycles. The quantitative estimate of drug-likeness (QED) is 0.851. The Morgan fingerprint density at radius 2 is 2.14 bits per heavy atom. The Hall–Kier alpha value is -0.840. The molecule has 3 rings (SSSR count). The molecule has 1 unspecified atom stereocenters. The van der Waals surface area contributed by atoms with Crippen LogP contribution in [0.2, 0.25) is 0 Å². The minimum atomic E-state index is -0.0819. The number of thioether (sulfide) groups is 1.